The normalized spacial score (nSPS) is 15.2. The summed E-state index contributed by atoms with van der Waals surface area (Å²) < 4.78 is 5.40. The molecule has 0 aliphatic heterocycles. The third kappa shape index (κ3) is 3.89. The third-order valence-corrected chi connectivity index (χ3v) is 5.55. The summed E-state index contributed by atoms with van der Waals surface area (Å²) in [6.45, 7) is 0. The first-order valence-electron chi connectivity index (χ1n) is 8.13. The van der Waals surface area contributed by atoms with Crippen molar-refractivity contribution < 1.29 is 4.52 Å². The maximum Gasteiger partial charge on any atom is 0.257 e. The largest absolute Gasteiger partial charge is 0.334 e. The Morgan fingerprint density at radius 3 is 2.40 bits per heavy atom. The molecule has 2 aromatic carbocycles. The number of benzene rings is 2. The Hall–Kier alpha value is -1.82. The average Bonchev–Trinajstić information content (AvgIpc) is 3.10. The second-order valence-electron chi connectivity index (χ2n) is 6.23. The number of aromatic nitrogens is 2. The lowest BCUT2D eigenvalue weighted by molar-refractivity contribution is 0.229. The lowest BCUT2D eigenvalue weighted by Crippen LogP contribution is -2.44. The van der Waals surface area contributed by atoms with Crippen LogP contribution in [-0.4, -0.2) is 10.1 Å². The number of rotatable bonds is 5. The van der Waals surface area contributed by atoms with Crippen LogP contribution in [0.15, 0.2) is 64.0 Å². The molecule has 1 aliphatic rings. The van der Waals surface area contributed by atoms with Gasteiger partial charge in [-0.25, -0.2) is 0 Å². The Morgan fingerprint density at radius 2 is 1.76 bits per heavy atom. The molecule has 1 aliphatic carbocycles. The molecule has 0 saturated heterocycles. The highest BCUT2D eigenvalue weighted by molar-refractivity contribution is 7.98. The summed E-state index contributed by atoms with van der Waals surface area (Å²) in [4.78, 5) is 5.76. The third-order valence-electron chi connectivity index (χ3n) is 4.47. The van der Waals surface area contributed by atoms with Crippen LogP contribution in [0.1, 0.15) is 30.7 Å². The van der Waals surface area contributed by atoms with E-state index in [4.69, 9.17) is 10.3 Å². The van der Waals surface area contributed by atoms with Gasteiger partial charge in [0.05, 0.1) is 5.54 Å². The van der Waals surface area contributed by atoms with Gasteiger partial charge in [0.15, 0.2) is 5.82 Å². The van der Waals surface area contributed by atoms with Gasteiger partial charge in [-0.05, 0) is 49.1 Å². The minimum Gasteiger partial charge on any atom is -0.334 e. The number of nitrogens with two attached hydrogens (primary N) is 1. The quantitative estimate of drug-likeness (QED) is 0.651. The van der Waals surface area contributed by atoms with Crippen molar-refractivity contribution in [3.63, 3.8) is 0 Å². The lowest BCUT2D eigenvalue weighted by atomic mass is 9.77. The van der Waals surface area contributed by atoms with Crippen molar-refractivity contribution in [2.45, 2.75) is 35.4 Å². The molecule has 4 rings (SSSR count). The molecule has 6 heteroatoms. The molecule has 1 saturated carbocycles. The van der Waals surface area contributed by atoms with Crippen LogP contribution in [-0.2, 0) is 11.3 Å². The minimum absolute atomic E-state index is 0. The number of thioether (sulfide) groups is 1. The van der Waals surface area contributed by atoms with Crippen LogP contribution in [0.3, 0.4) is 0 Å². The van der Waals surface area contributed by atoms with Crippen LogP contribution in [0.5, 0.6) is 0 Å². The molecule has 0 unspecified atom stereocenters. The molecule has 0 atom stereocenters. The Bertz CT molecular complexity index is 816. The molecule has 0 amide bonds. The van der Waals surface area contributed by atoms with E-state index in [9.17, 15) is 0 Å². The molecule has 1 aromatic heterocycles. The topological polar surface area (TPSA) is 64.9 Å². The fourth-order valence-corrected chi connectivity index (χ4v) is 3.63. The summed E-state index contributed by atoms with van der Waals surface area (Å²) in [5, 5.41) is 4.07. The molecule has 3 aromatic rings. The van der Waals surface area contributed by atoms with Crippen molar-refractivity contribution in [1.29, 1.82) is 0 Å². The predicted octanol–water partition coefficient (Wildman–Crippen LogP) is 4.79. The molecule has 0 spiro atoms. The highest BCUT2D eigenvalue weighted by Gasteiger charge is 2.39. The van der Waals surface area contributed by atoms with Gasteiger partial charge in [0.25, 0.3) is 5.89 Å². The highest BCUT2D eigenvalue weighted by atomic mass is 35.5. The van der Waals surface area contributed by atoms with Crippen LogP contribution in [0, 0.1) is 0 Å². The smallest absolute Gasteiger partial charge is 0.257 e. The molecular formula is C19H20ClN3OS. The second-order valence-corrected chi connectivity index (χ2v) is 7.28. The summed E-state index contributed by atoms with van der Waals surface area (Å²) in [5.74, 6) is 2.11. The number of nitrogens with zero attached hydrogens (tertiary/aromatic N) is 2. The standard InChI is InChI=1S/C19H19N3OS.ClH/c20-19(11-4-12-19)18-21-17(23-22-18)15-9-7-14(8-10-15)13-24-16-5-2-1-3-6-16;/h1-3,5-10H,4,11-13,20H2;1H. The second kappa shape index (κ2) is 7.60. The molecule has 25 heavy (non-hydrogen) atoms. The first-order chi connectivity index (χ1) is 11.7. The minimum atomic E-state index is -0.381. The molecular weight excluding hydrogens is 354 g/mol. The van der Waals surface area contributed by atoms with Gasteiger partial charge < -0.3 is 10.3 Å². The zero-order valence-corrected chi connectivity index (χ0v) is 15.4. The van der Waals surface area contributed by atoms with E-state index in [1.807, 2.05) is 30.0 Å². The van der Waals surface area contributed by atoms with E-state index in [0.717, 1.165) is 30.6 Å². The fraction of sp³-hybridized carbons (Fsp3) is 0.263. The van der Waals surface area contributed by atoms with Crippen molar-refractivity contribution in [2.24, 2.45) is 5.73 Å². The van der Waals surface area contributed by atoms with Crippen LogP contribution in [0.25, 0.3) is 11.5 Å². The van der Waals surface area contributed by atoms with Crippen molar-refractivity contribution in [1.82, 2.24) is 10.1 Å². The van der Waals surface area contributed by atoms with Gasteiger partial charge in [-0.15, -0.1) is 24.2 Å². The lowest BCUT2D eigenvalue weighted by Gasteiger charge is -2.34. The van der Waals surface area contributed by atoms with Gasteiger partial charge in [-0.3, -0.25) is 0 Å². The Morgan fingerprint density at radius 1 is 1.04 bits per heavy atom. The van der Waals surface area contributed by atoms with Crippen molar-refractivity contribution in [3.8, 4) is 11.5 Å². The van der Waals surface area contributed by atoms with E-state index in [-0.39, 0.29) is 17.9 Å². The SMILES string of the molecule is Cl.NC1(c2noc(-c3ccc(CSc4ccccc4)cc3)n2)CCC1. The Balaban J connectivity index is 0.00000182. The Kier molecular flexibility index (Phi) is 5.47. The number of halogens is 1. The van der Waals surface area contributed by atoms with Crippen LogP contribution in [0.2, 0.25) is 0 Å². The van der Waals surface area contributed by atoms with Crippen LogP contribution >= 0.6 is 24.2 Å². The van der Waals surface area contributed by atoms with Crippen molar-refractivity contribution >= 4 is 24.2 Å². The molecule has 2 N–H and O–H groups in total. The zero-order chi connectivity index (χ0) is 16.4. The van der Waals surface area contributed by atoms with Gasteiger partial charge in [0.1, 0.15) is 0 Å². The first kappa shape index (κ1) is 18.0. The number of hydrogen-bond donors (Lipinski definition) is 1. The van der Waals surface area contributed by atoms with Gasteiger partial charge >= 0.3 is 0 Å². The molecule has 1 heterocycles. The van der Waals surface area contributed by atoms with Gasteiger partial charge in [0, 0.05) is 16.2 Å². The highest BCUT2D eigenvalue weighted by Crippen LogP contribution is 2.37. The van der Waals surface area contributed by atoms with Crippen LogP contribution in [0.4, 0.5) is 0 Å². The van der Waals surface area contributed by atoms with E-state index in [1.165, 1.54) is 10.5 Å². The summed E-state index contributed by atoms with van der Waals surface area (Å²) in [7, 11) is 0. The van der Waals surface area contributed by atoms with Crippen molar-refractivity contribution in [3.05, 3.63) is 66.0 Å². The summed E-state index contributed by atoms with van der Waals surface area (Å²) in [6.07, 6.45) is 3.00. The number of hydrogen-bond acceptors (Lipinski definition) is 5. The molecule has 130 valence electrons. The fourth-order valence-electron chi connectivity index (χ4n) is 2.75. The van der Waals surface area contributed by atoms with Gasteiger partial charge in [-0.1, -0.05) is 35.5 Å². The van der Waals surface area contributed by atoms with E-state index < -0.39 is 0 Å². The van der Waals surface area contributed by atoms with E-state index in [0.29, 0.717) is 11.7 Å². The monoisotopic (exact) mass is 373 g/mol. The van der Waals surface area contributed by atoms with E-state index in [2.05, 4.69) is 46.5 Å². The average molecular weight is 374 g/mol. The molecule has 1 fully saturated rings. The summed E-state index contributed by atoms with van der Waals surface area (Å²) in [6, 6.07) is 18.7. The van der Waals surface area contributed by atoms with Crippen LogP contribution < -0.4 is 5.73 Å². The predicted molar refractivity (Wildman–Crippen MR) is 103 cm³/mol. The zero-order valence-electron chi connectivity index (χ0n) is 13.7. The van der Waals surface area contributed by atoms with Gasteiger partial charge in [-0.2, -0.15) is 4.98 Å². The maximum atomic E-state index is 6.25. The van der Waals surface area contributed by atoms with E-state index >= 15 is 0 Å². The summed E-state index contributed by atoms with van der Waals surface area (Å²) >= 11 is 1.83. The van der Waals surface area contributed by atoms with E-state index in [1.54, 1.807) is 0 Å². The molecule has 0 bridgehead atoms. The van der Waals surface area contributed by atoms with Gasteiger partial charge in [0.2, 0.25) is 0 Å². The molecule has 4 nitrogen and oxygen atoms in total. The summed E-state index contributed by atoms with van der Waals surface area (Å²) in [5.41, 5.74) is 8.07. The first-order valence-corrected chi connectivity index (χ1v) is 9.12. The Labute approximate surface area is 157 Å². The van der Waals surface area contributed by atoms with Crippen molar-refractivity contribution in [2.75, 3.05) is 0 Å². The molecule has 0 radical (unpaired) electrons. The maximum absolute atomic E-state index is 6.25.